The Morgan fingerprint density at radius 3 is 2.13 bits per heavy atom. The second-order valence-electron chi connectivity index (χ2n) is 6.33. The second-order valence-corrected chi connectivity index (χ2v) is 6.33. The molecule has 0 aromatic heterocycles. The summed E-state index contributed by atoms with van der Waals surface area (Å²) in [5.41, 5.74) is 2.76. The number of carboxylic acid groups (broad SMARTS) is 1. The molecule has 3 atom stereocenters. The summed E-state index contributed by atoms with van der Waals surface area (Å²) in [5.74, 6) is -1.79. The second kappa shape index (κ2) is 6.37. The van der Waals surface area contributed by atoms with Gasteiger partial charge < -0.3 is 5.11 Å². The third-order valence-electron chi connectivity index (χ3n) is 4.88. The molecule has 1 saturated carbocycles. The van der Waals surface area contributed by atoms with Crippen molar-refractivity contribution in [3.8, 4) is 11.1 Å². The van der Waals surface area contributed by atoms with Gasteiger partial charge in [0.2, 0.25) is 0 Å². The predicted octanol–water partition coefficient (Wildman–Crippen LogP) is 4.28. The van der Waals surface area contributed by atoms with Crippen LogP contribution in [0.2, 0.25) is 0 Å². The van der Waals surface area contributed by atoms with Crippen molar-refractivity contribution in [1.82, 2.24) is 0 Å². The smallest absolute Gasteiger partial charge is 0.307 e. The molecule has 1 aliphatic rings. The number of ketones is 1. The first kappa shape index (κ1) is 15.5. The van der Waals surface area contributed by atoms with Gasteiger partial charge in [-0.15, -0.1) is 0 Å². The normalized spacial score (nSPS) is 23.6. The molecule has 1 aliphatic carbocycles. The molecule has 3 heteroatoms. The molecule has 1 fully saturated rings. The summed E-state index contributed by atoms with van der Waals surface area (Å²) >= 11 is 0. The van der Waals surface area contributed by atoms with Gasteiger partial charge in [-0.3, -0.25) is 9.59 Å². The van der Waals surface area contributed by atoms with Gasteiger partial charge in [0, 0.05) is 11.5 Å². The number of benzene rings is 2. The third-order valence-corrected chi connectivity index (χ3v) is 4.88. The number of Topliss-reactive ketones (excluding diaryl/α,β-unsaturated/α-hetero) is 1. The molecule has 0 bridgehead atoms. The van der Waals surface area contributed by atoms with Crippen molar-refractivity contribution in [3.05, 3.63) is 60.2 Å². The van der Waals surface area contributed by atoms with Crippen LogP contribution in [0, 0.1) is 17.8 Å². The fraction of sp³-hybridized carbons (Fsp3) is 0.300. The van der Waals surface area contributed by atoms with Crippen LogP contribution < -0.4 is 0 Å². The van der Waals surface area contributed by atoms with Crippen molar-refractivity contribution in [2.75, 3.05) is 0 Å². The Morgan fingerprint density at radius 2 is 1.52 bits per heavy atom. The lowest BCUT2D eigenvalue weighted by atomic mass is 9.85. The zero-order chi connectivity index (χ0) is 16.4. The maximum atomic E-state index is 12.7. The molecule has 0 aliphatic heterocycles. The average molecular weight is 308 g/mol. The number of aliphatic carboxylic acids is 1. The highest BCUT2D eigenvalue weighted by molar-refractivity contribution is 6.00. The van der Waals surface area contributed by atoms with Crippen molar-refractivity contribution < 1.29 is 14.7 Å². The molecule has 0 amide bonds. The summed E-state index contributed by atoms with van der Waals surface area (Å²) in [5, 5.41) is 9.39. The third kappa shape index (κ3) is 3.04. The quantitative estimate of drug-likeness (QED) is 0.858. The van der Waals surface area contributed by atoms with Crippen LogP contribution in [0.1, 0.15) is 30.1 Å². The van der Waals surface area contributed by atoms with E-state index >= 15 is 0 Å². The summed E-state index contributed by atoms with van der Waals surface area (Å²) < 4.78 is 0. The lowest BCUT2D eigenvalue weighted by Gasteiger charge is -2.17. The first-order chi connectivity index (χ1) is 11.1. The maximum Gasteiger partial charge on any atom is 0.307 e. The van der Waals surface area contributed by atoms with Crippen molar-refractivity contribution in [2.45, 2.75) is 19.8 Å². The van der Waals surface area contributed by atoms with E-state index in [9.17, 15) is 14.7 Å². The van der Waals surface area contributed by atoms with E-state index in [0.717, 1.165) is 17.5 Å². The van der Waals surface area contributed by atoms with Gasteiger partial charge in [-0.25, -0.2) is 0 Å². The van der Waals surface area contributed by atoms with Crippen LogP contribution in [-0.2, 0) is 4.79 Å². The number of carbonyl (C=O) groups excluding carboxylic acids is 1. The number of carboxylic acids is 1. The Bertz CT molecular complexity index is 703. The summed E-state index contributed by atoms with van der Waals surface area (Å²) in [6, 6.07) is 17.4. The lowest BCUT2D eigenvalue weighted by Crippen LogP contribution is -2.28. The Kier molecular flexibility index (Phi) is 4.28. The molecule has 2 aromatic carbocycles. The summed E-state index contributed by atoms with van der Waals surface area (Å²) in [7, 11) is 0. The molecule has 118 valence electrons. The fourth-order valence-electron chi connectivity index (χ4n) is 3.58. The minimum absolute atomic E-state index is 0.0404. The minimum Gasteiger partial charge on any atom is -0.481 e. The van der Waals surface area contributed by atoms with Crippen LogP contribution in [0.25, 0.3) is 11.1 Å². The summed E-state index contributed by atoms with van der Waals surface area (Å²) in [6.07, 6.45) is 1.47. The molecule has 3 nitrogen and oxygen atoms in total. The fourth-order valence-corrected chi connectivity index (χ4v) is 3.58. The average Bonchev–Trinajstić information content (AvgIpc) is 2.97. The van der Waals surface area contributed by atoms with E-state index in [-0.39, 0.29) is 11.7 Å². The van der Waals surface area contributed by atoms with E-state index in [2.05, 4.69) is 0 Å². The summed E-state index contributed by atoms with van der Waals surface area (Å²) in [6.45, 7) is 1.92. The van der Waals surface area contributed by atoms with Gasteiger partial charge in [0.25, 0.3) is 0 Å². The first-order valence-corrected chi connectivity index (χ1v) is 8.00. The molecule has 3 rings (SSSR count). The molecular weight excluding hydrogens is 288 g/mol. The van der Waals surface area contributed by atoms with Crippen LogP contribution >= 0.6 is 0 Å². The van der Waals surface area contributed by atoms with Crippen LogP contribution in [0.5, 0.6) is 0 Å². The van der Waals surface area contributed by atoms with Gasteiger partial charge >= 0.3 is 5.97 Å². The highest BCUT2D eigenvalue weighted by atomic mass is 16.4. The van der Waals surface area contributed by atoms with Gasteiger partial charge in [-0.2, -0.15) is 0 Å². The van der Waals surface area contributed by atoms with Crippen LogP contribution in [0.3, 0.4) is 0 Å². The Morgan fingerprint density at radius 1 is 0.913 bits per heavy atom. The number of carbonyl (C=O) groups is 2. The molecule has 0 spiro atoms. The largest absolute Gasteiger partial charge is 0.481 e. The van der Waals surface area contributed by atoms with E-state index < -0.39 is 17.8 Å². The number of hydrogen-bond acceptors (Lipinski definition) is 2. The van der Waals surface area contributed by atoms with Gasteiger partial charge in [0.1, 0.15) is 0 Å². The molecule has 0 heterocycles. The molecule has 0 saturated heterocycles. The highest BCUT2D eigenvalue weighted by Gasteiger charge is 2.42. The van der Waals surface area contributed by atoms with Gasteiger partial charge in [0.15, 0.2) is 5.78 Å². The SMILES string of the molecule is CC1CCC(C(=O)c2ccc(-c3ccccc3)cc2)C1C(=O)O. The summed E-state index contributed by atoms with van der Waals surface area (Å²) in [4.78, 5) is 24.1. The monoisotopic (exact) mass is 308 g/mol. The Labute approximate surface area is 136 Å². The zero-order valence-electron chi connectivity index (χ0n) is 13.1. The van der Waals surface area contributed by atoms with Gasteiger partial charge in [0.05, 0.1) is 5.92 Å². The number of rotatable bonds is 4. The van der Waals surface area contributed by atoms with E-state index in [0.29, 0.717) is 12.0 Å². The Hall–Kier alpha value is -2.42. The molecular formula is C20H20O3. The first-order valence-electron chi connectivity index (χ1n) is 8.00. The van der Waals surface area contributed by atoms with Gasteiger partial charge in [-0.1, -0.05) is 61.5 Å². The lowest BCUT2D eigenvalue weighted by molar-refractivity contribution is -0.143. The molecule has 1 N–H and O–H groups in total. The van der Waals surface area contributed by atoms with Crippen molar-refractivity contribution in [2.24, 2.45) is 17.8 Å². The molecule has 0 radical (unpaired) electrons. The molecule has 2 aromatic rings. The van der Waals surface area contributed by atoms with E-state index in [4.69, 9.17) is 0 Å². The van der Waals surface area contributed by atoms with Crippen LogP contribution in [0.15, 0.2) is 54.6 Å². The van der Waals surface area contributed by atoms with E-state index in [1.54, 1.807) is 0 Å². The molecule has 23 heavy (non-hydrogen) atoms. The van der Waals surface area contributed by atoms with Crippen molar-refractivity contribution in [3.63, 3.8) is 0 Å². The standard InChI is InChI=1S/C20H20O3/c1-13-7-12-17(18(13)20(22)23)19(21)16-10-8-15(9-11-16)14-5-3-2-4-6-14/h2-6,8-11,13,17-18H,7,12H2,1H3,(H,22,23). The number of hydrogen-bond donors (Lipinski definition) is 1. The van der Waals surface area contributed by atoms with Crippen LogP contribution in [0.4, 0.5) is 0 Å². The van der Waals surface area contributed by atoms with E-state index in [1.807, 2.05) is 61.5 Å². The van der Waals surface area contributed by atoms with Crippen molar-refractivity contribution in [1.29, 1.82) is 0 Å². The van der Waals surface area contributed by atoms with Gasteiger partial charge in [-0.05, 0) is 29.9 Å². The topological polar surface area (TPSA) is 54.4 Å². The predicted molar refractivity (Wildman–Crippen MR) is 89.2 cm³/mol. The van der Waals surface area contributed by atoms with Crippen molar-refractivity contribution >= 4 is 11.8 Å². The van der Waals surface area contributed by atoms with E-state index in [1.165, 1.54) is 0 Å². The van der Waals surface area contributed by atoms with Crippen LogP contribution in [-0.4, -0.2) is 16.9 Å². The maximum absolute atomic E-state index is 12.7. The highest BCUT2D eigenvalue weighted by Crippen LogP contribution is 2.39. The minimum atomic E-state index is -0.853. The zero-order valence-corrected chi connectivity index (χ0v) is 13.1. The Balaban J connectivity index is 1.82. The molecule has 3 unspecified atom stereocenters.